The summed E-state index contributed by atoms with van der Waals surface area (Å²) in [5.41, 5.74) is 11.1. The lowest BCUT2D eigenvalue weighted by molar-refractivity contribution is 0.0871. The van der Waals surface area contributed by atoms with E-state index in [4.69, 9.17) is 0 Å². The maximum Gasteiger partial charge on any atom is 0.174 e. The first-order valence-electron chi connectivity index (χ1n) is 16.0. The molecule has 0 heterocycles. The van der Waals surface area contributed by atoms with Crippen molar-refractivity contribution >= 4 is 22.7 Å². The molecule has 44 heavy (non-hydrogen) atoms. The van der Waals surface area contributed by atoms with Gasteiger partial charge in [-0.05, 0) is 83.1 Å². The van der Waals surface area contributed by atoms with Gasteiger partial charge in [-0.2, -0.15) is 0 Å². The Bertz CT molecular complexity index is 1870. The number of hydrogen-bond donors (Lipinski definition) is 0. The first-order valence-corrected chi connectivity index (χ1v) is 16.0. The van der Waals surface area contributed by atoms with Crippen LogP contribution in [-0.2, 0) is 25.7 Å². The van der Waals surface area contributed by atoms with E-state index < -0.39 is 5.41 Å². The predicted octanol–water partition coefficient (Wildman–Crippen LogP) is 9.48. The zero-order valence-electron chi connectivity index (χ0n) is 25.4. The van der Waals surface area contributed by atoms with E-state index in [1.54, 1.807) is 0 Å². The molecule has 0 bridgehead atoms. The van der Waals surface area contributed by atoms with Crippen molar-refractivity contribution in [3.8, 4) is 0 Å². The van der Waals surface area contributed by atoms with Crippen molar-refractivity contribution in [2.75, 3.05) is 0 Å². The van der Waals surface area contributed by atoms with Crippen LogP contribution in [0.3, 0.4) is 0 Å². The van der Waals surface area contributed by atoms with Gasteiger partial charge in [0.25, 0.3) is 0 Å². The van der Waals surface area contributed by atoms with Crippen LogP contribution >= 0.6 is 0 Å². The highest BCUT2D eigenvalue weighted by Gasteiger charge is 2.49. The second-order valence-electron chi connectivity index (χ2n) is 12.7. The van der Waals surface area contributed by atoms with E-state index >= 15 is 0 Å². The molecule has 0 saturated carbocycles. The average molecular weight is 575 g/mol. The standard InChI is InChI=1S/C21H20O.C21H18O/c2*1-2-13-21(14-16-8-4-6-10-18(16)20(21)22)19-12-11-15-7-3-5-9-17(15)19/h3-10,12H,2,11,13-14H2,1H3;2-10,12H,1,11,13-14H2. The van der Waals surface area contributed by atoms with Crippen LogP contribution in [0.1, 0.15) is 80.3 Å². The van der Waals surface area contributed by atoms with Crippen LogP contribution in [-0.4, -0.2) is 11.6 Å². The Morgan fingerprint density at radius 1 is 0.591 bits per heavy atom. The van der Waals surface area contributed by atoms with Gasteiger partial charge >= 0.3 is 0 Å². The van der Waals surface area contributed by atoms with Gasteiger partial charge < -0.3 is 0 Å². The molecular weight excluding hydrogens is 536 g/mol. The number of ketones is 2. The second-order valence-corrected chi connectivity index (χ2v) is 12.7. The minimum absolute atomic E-state index is 0.256. The van der Waals surface area contributed by atoms with E-state index in [2.05, 4.69) is 86.3 Å². The third-order valence-electron chi connectivity index (χ3n) is 10.2. The number of Topliss-reactive ketones (excluding diaryl/α,β-unsaturated/α-hetero) is 2. The van der Waals surface area contributed by atoms with Gasteiger partial charge in [-0.3, -0.25) is 9.59 Å². The number of benzene rings is 4. The Morgan fingerprint density at radius 3 is 1.48 bits per heavy atom. The predicted molar refractivity (Wildman–Crippen MR) is 180 cm³/mol. The summed E-state index contributed by atoms with van der Waals surface area (Å²) in [5.74, 6) is 0.582. The minimum Gasteiger partial charge on any atom is -0.293 e. The monoisotopic (exact) mass is 574 g/mol. The minimum atomic E-state index is -0.460. The zero-order chi connectivity index (χ0) is 30.3. The largest absolute Gasteiger partial charge is 0.293 e. The molecule has 218 valence electrons. The quantitative estimate of drug-likeness (QED) is 0.215. The summed E-state index contributed by atoms with van der Waals surface area (Å²) in [6.07, 6.45) is 12.6. The molecule has 0 N–H and O–H groups in total. The van der Waals surface area contributed by atoms with Gasteiger partial charge in [0.1, 0.15) is 0 Å². The van der Waals surface area contributed by atoms with Crippen molar-refractivity contribution in [2.45, 2.75) is 51.9 Å². The van der Waals surface area contributed by atoms with Crippen LogP contribution in [0.15, 0.2) is 122 Å². The van der Waals surface area contributed by atoms with Crippen LogP contribution in [0.4, 0.5) is 0 Å². The van der Waals surface area contributed by atoms with Gasteiger partial charge in [-0.1, -0.05) is 129 Å². The number of fused-ring (bicyclic) bond motifs is 4. The maximum absolute atomic E-state index is 13.3. The van der Waals surface area contributed by atoms with Crippen molar-refractivity contribution in [3.63, 3.8) is 0 Å². The number of allylic oxidation sites excluding steroid dienone is 5. The molecule has 0 fully saturated rings. The van der Waals surface area contributed by atoms with Crippen LogP contribution in [0.2, 0.25) is 0 Å². The Morgan fingerprint density at radius 2 is 1.00 bits per heavy atom. The molecule has 0 spiro atoms. The lowest BCUT2D eigenvalue weighted by Crippen LogP contribution is -2.29. The van der Waals surface area contributed by atoms with Crippen LogP contribution in [0.25, 0.3) is 11.1 Å². The van der Waals surface area contributed by atoms with E-state index in [1.807, 2.05) is 42.5 Å². The summed E-state index contributed by atoms with van der Waals surface area (Å²) >= 11 is 0. The number of carbonyl (C=O) groups is 2. The number of hydrogen-bond acceptors (Lipinski definition) is 2. The third-order valence-corrected chi connectivity index (χ3v) is 10.2. The second kappa shape index (κ2) is 11.2. The van der Waals surface area contributed by atoms with Crippen molar-refractivity contribution in [1.29, 1.82) is 0 Å². The van der Waals surface area contributed by atoms with E-state index in [0.717, 1.165) is 49.7 Å². The van der Waals surface area contributed by atoms with Crippen LogP contribution in [0.5, 0.6) is 0 Å². The fraction of sp³-hybridized carbons (Fsp3) is 0.238. The summed E-state index contributed by atoms with van der Waals surface area (Å²) < 4.78 is 0. The summed E-state index contributed by atoms with van der Waals surface area (Å²) in [7, 11) is 0. The van der Waals surface area contributed by atoms with Crippen molar-refractivity contribution in [2.24, 2.45) is 10.8 Å². The van der Waals surface area contributed by atoms with Crippen LogP contribution < -0.4 is 0 Å². The fourth-order valence-corrected chi connectivity index (χ4v) is 8.31. The Hall–Kier alpha value is -4.56. The maximum atomic E-state index is 13.3. The molecule has 2 atom stereocenters. The molecule has 2 nitrogen and oxygen atoms in total. The number of carbonyl (C=O) groups excluding carboxylic acids is 2. The van der Waals surface area contributed by atoms with E-state index in [0.29, 0.717) is 12.2 Å². The number of rotatable bonds is 6. The normalized spacial score (nSPS) is 22.3. The molecule has 2 unspecified atom stereocenters. The molecule has 2 heteroatoms. The van der Waals surface area contributed by atoms with Gasteiger partial charge in [-0.25, -0.2) is 0 Å². The first-order chi connectivity index (χ1) is 21.5. The Balaban J connectivity index is 0.000000142. The summed E-state index contributed by atoms with van der Waals surface area (Å²) in [4.78, 5) is 26.5. The first kappa shape index (κ1) is 28.2. The van der Waals surface area contributed by atoms with E-state index in [1.165, 1.54) is 44.5 Å². The van der Waals surface area contributed by atoms with E-state index in [9.17, 15) is 9.59 Å². The molecule has 4 aromatic carbocycles. The Kier molecular flexibility index (Phi) is 7.17. The molecule has 4 aliphatic carbocycles. The third kappa shape index (κ3) is 4.31. The van der Waals surface area contributed by atoms with Crippen molar-refractivity contribution in [1.82, 2.24) is 0 Å². The molecule has 0 radical (unpaired) electrons. The highest BCUT2D eigenvalue weighted by atomic mass is 16.1. The van der Waals surface area contributed by atoms with E-state index in [-0.39, 0.29) is 11.2 Å². The molecule has 4 aliphatic rings. The smallest absolute Gasteiger partial charge is 0.174 e. The van der Waals surface area contributed by atoms with Gasteiger partial charge in [0.15, 0.2) is 11.6 Å². The summed E-state index contributed by atoms with van der Waals surface area (Å²) in [5, 5.41) is 0. The summed E-state index contributed by atoms with van der Waals surface area (Å²) in [6.45, 7) is 6.09. The zero-order valence-corrected chi connectivity index (χ0v) is 25.4. The molecule has 8 rings (SSSR count). The lowest BCUT2D eigenvalue weighted by atomic mass is 9.71. The SMILES string of the molecule is C=CCC1(C2=CCc3ccccc32)Cc2ccccc2C1=O.CCCC1(C2=CCc3ccccc32)Cc2ccccc2C1=O. The summed E-state index contributed by atoms with van der Waals surface area (Å²) in [6, 6.07) is 33.2. The van der Waals surface area contributed by atoms with Gasteiger partial charge in [0.05, 0.1) is 10.8 Å². The molecule has 0 amide bonds. The molecular formula is C42H38O2. The molecule has 0 saturated heterocycles. The highest BCUT2D eigenvalue weighted by molar-refractivity contribution is 6.13. The highest BCUT2D eigenvalue weighted by Crippen LogP contribution is 2.53. The topological polar surface area (TPSA) is 34.1 Å². The lowest BCUT2D eigenvalue weighted by Gasteiger charge is -2.30. The molecule has 0 aliphatic heterocycles. The average Bonchev–Trinajstić information content (AvgIpc) is 3.81. The van der Waals surface area contributed by atoms with Gasteiger partial charge in [0.2, 0.25) is 0 Å². The van der Waals surface area contributed by atoms with Crippen LogP contribution in [0, 0.1) is 10.8 Å². The Labute approximate surface area is 260 Å². The van der Waals surface area contributed by atoms with Gasteiger partial charge in [0, 0.05) is 11.1 Å². The van der Waals surface area contributed by atoms with Crippen molar-refractivity contribution < 1.29 is 9.59 Å². The van der Waals surface area contributed by atoms with Gasteiger partial charge in [-0.15, -0.1) is 6.58 Å². The van der Waals surface area contributed by atoms with Crippen molar-refractivity contribution in [3.05, 3.63) is 166 Å². The molecule has 0 aromatic heterocycles. The fourth-order valence-electron chi connectivity index (χ4n) is 8.31. The molecule has 4 aromatic rings.